The van der Waals surface area contributed by atoms with Crippen LogP contribution < -0.4 is 10.5 Å². The number of nitrogens with zero attached hydrogens (tertiary/aromatic N) is 1. The van der Waals surface area contributed by atoms with Crippen molar-refractivity contribution in [3.05, 3.63) is 35.8 Å². The van der Waals surface area contributed by atoms with Gasteiger partial charge in [-0.2, -0.15) is 0 Å². The highest BCUT2D eigenvalue weighted by Crippen LogP contribution is 2.27. The summed E-state index contributed by atoms with van der Waals surface area (Å²) in [5.74, 6) is 2.12. The molecule has 4 nitrogen and oxygen atoms in total. The molecule has 1 aromatic carbocycles. The van der Waals surface area contributed by atoms with Crippen LogP contribution in [0.1, 0.15) is 37.8 Å². The first-order valence-corrected chi connectivity index (χ1v) is 7.03. The Morgan fingerprint density at radius 2 is 1.95 bits per heavy atom. The number of aryl methyl sites for hydroxylation is 1. The molecule has 0 aliphatic heterocycles. The number of rotatable bonds is 5. The van der Waals surface area contributed by atoms with Crippen molar-refractivity contribution in [3.63, 3.8) is 0 Å². The third kappa shape index (κ3) is 2.85. The zero-order chi connectivity index (χ0) is 14.7. The van der Waals surface area contributed by atoms with Crippen molar-refractivity contribution in [2.45, 2.75) is 33.2 Å². The van der Waals surface area contributed by atoms with Gasteiger partial charge in [0.2, 0.25) is 0 Å². The molecule has 2 atom stereocenters. The molecule has 0 saturated heterocycles. The van der Waals surface area contributed by atoms with Crippen LogP contribution in [0.15, 0.2) is 24.3 Å². The Morgan fingerprint density at radius 3 is 2.50 bits per heavy atom. The second-order valence-electron chi connectivity index (χ2n) is 5.24. The van der Waals surface area contributed by atoms with Gasteiger partial charge in [-0.3, -0.25) is 0 Å². The highest BCUT2D eigenvalue weighted by Gasteiger charge is 2.18. The van der Waals surface area contributed by atoms with E-state index in [0.29, 0.717) is 5.92 Å². The minimum absolute atomic E-state index is 0.0503. The molecule has 2 unspecified atom stereocenters. The topological polar surface area (TPSA) is 63.9 Å². The van der Waals surface area contributed by atoms with Crippen molar-refractivity contribution in [3.8, 4) is 17.0 Å². The fraction of sp³-hybridized carbons (Fsp3) is 0.438. The van der Waals surface area contributed by atoms with E-state index >= 15 is 0 Å². The molecule has 1 aromatic heterocycles. The van der Waals surface area contributed by atoms with Crippen molar-refractivity contribution in [2.24, 2.45) is 11.7 Å². The van der Waals surface area contributed by atoms with Crippen LogP contribution in [0.4, 0.5) is 0 Å². The van der Waals surface area contributed by atoms with E-state index in [-0.39, 0.29) is 6.04 Å². The summed E-state index contributed by atoms with van der Waals surface area (Å²) >= 11 is 0. The van der Waals surface area contributed by atoms with Crippen molar-refractivity contribution in [1.82, 2.24) is 9.97 Å². The molecule has 108 valence electrons. The number of methoxy groups -OCH3 is 1. The third-order valence-electron chi connectivity index (χ3n) is 3.84. The molecule has 2 aromatic rings. The van der Waals surface area contributed by atoms with Gasteiger partial charge in [0.15, 0.2) is 0 Å². The summed E-state index contributed by atoms with van der Waals surface area (Å²) in [4.78, 5) is 8.00. The van der Waals surface area contributed by atoms with Crippen molar-refractivity contribution in [1.29, 1.82) is 0 Å². The number of ether oxygens (including phenoxy) is 1. The van der Waals surface area contributed by atoms with E-state index in [0.717, 1.165) is 34.9 Å². The summed E-state index contributed by atoms with van der Waals surface area (Å²) in [5.41, 5.74) is 9.32. The van der Waals surface area contributed by atoms with Gasteiger partial charge in [0.25, 0.3) is 0 Å². The molecule has 0 bridgehead atoms. The van der Waals surface area contributed by atoms with Crippen LogP contribution >= 0.6 is 0 Å². The van der Waals surface area contributed by atoms with Gasteiger partial charge in [-0.05, 0) is 37.1 Å². The number of aromatic amines is 1. The van der Waals surface area contributed by atoms with Gasteiger partial charge in [0, 0.05) is 11.3 Å². The first kappa shape index (κ1) is 14.6. The second-order valence-corrected chi connectivity index (χ2v) is 5.24. The Hall–Kier alpha value is -1.81. The largest absolute Gasteiger partial charge is 0.497 e. The van der Waals surface area contributed by atoms with E-state index < -0.39 is 0 Å². The van der Waals surface area contributed by atoms with Crippen LogP contribution in [0.3, 0.4) is 0 Å². The van der Waals surface area contributed by atoms with Crippen molar-refractivity contribution < 1.29 is 4.74 Å². The Bertz CT molecular complexity index is 560. The quantitative estimate of drug-likeness (QED) is 0.877. The zero-order valence-corrected chi connectivity index (χ0v) is 12.6. The van der Waals surface area contributed by atoms with Gasteiger partial charge in [-0.1, -0.05) is 20.3 Å². The van der Waals surface area contributed by atoms with Crippen LogP contribution in [0.5, 0.6) is 5.75 Å². The van der Waals surface area contributed by atoms with Crippen LogP contribution in [-0.2, 0) is 0 Å². The number of benzene rings is 1. The fourth-order valence-corrected chi connectivity index (χ4v) is 2.19. The number of nitrogens with two attached hydrogens (primary N) is 1. The van der Waals surface area contributed by atoms with Crippen LogP contribution in [0, 0.1) is 12.8 Å². The highest BCUT2D eigenvalue weighted by molar-refractivity contribution is 5.62. The van der Waals surface area contributed by atoms with Crippen molar-refractivity contribution in [2.75, 3.05) is 7.11 Å². The third-order valence-corrected chi connectivity index (χ3v) is 3.84. The number of H-pyrrole nitrogens is 1. The minimum atomic E-state index is -0.0503. The first-order chi connectivity index (χ1) is 9.56. The number of hydrogen-bond acceptors (Lipinski definition) is 3. The predicted molar refractivity (Wildman–Crippen MR) is 81.7 cm³/mol. The van der Waals surface area contributed by atoms with Crippen molar-refractivity contribution >= 4 is 0 Å². The summed E-state index contributed by atoms with van der Waals surface area (Å²) in [6.45, 7) is 6.32. The zero-order valence-electron chi connectivity index (χ0n) is 12.6. The molecule has 0 radical (unpaired) electrons. The van der Waals surface area contributed by atoms with Crippen LogP contribution in [-0.4, -0.2) is 17.1 Å². The molecule has 0 saturated carbocycles. The lowest BCUT2D eigenvalue weighted by Crippen LogP contribution is -2.19. The lowest BCUT2D eigenvalue weighted by molar-refractivity contribution is 0.415. The summed E-state index contributed by atoms with van der Waals surface area (Å²) < 4.78 is 5.18. The molecule has 2 rings (SSSR count). The average Bonchev–Trinajstić information content (AvgIpc) is 2.87. The molecular weight excluding hydrogens is 250 g/mol. The first-order valence-electron chi connectivity index (χ1n) is 7.03. The Labute approximate surface area is 120 Å². The molecule has 0 aliphatic carbocycles. The van der Waals surface area contributed by atoms with E-state index in [2.05, 4.69) is 23.8 Å². The fourth-order valence-electron chi connectivity index (χ4n) is 2.19. The van der Waals surface area contributed by atoms with Gasteiger partial charge in [-0.15, -0.1) is 0 Å². The van der Waals surface area contributed by atoms with Gasteiger partial charge in [0.1, 0.15) is 11.6 Å². The molecule has 0 aliphatic rings. The van der Waals surface area contributed by atoms with Gasteiger partial charge in [-0.25, -0.2) is 4.98 Å². The Morgan fingerprint density at radius 1 is 1.30 bits per heavy atom. The van der Waals surface area contributed by atoms with E-state index in [4.69, 9.17) is 10.5 Å². The van der Waals surface area contributed by atoms with E-state index in [1.54, 1.807) is 7.11 Å². The van der Waals surface area contributed by atoms with Gasteiger partial charge < -0.3 is 15.5 Å². The molecule has 0 spiro atoms. The average molecular weight is 273 g/mol. The normalized spacial score (nSPS) is 14.1. The maximum absolute atomic E-state index is 6.24. The molecule has 4 heteroatoms. The summed E-state index contributed by atoms with van der Waals surface area (Å²) in [7, 11) is 1.66. The Balaban J connectivity index is 2.30. The molecule has 0 fully saturated rings. The molecule has 1 heterocycles. The second kappa shape index (κ2) is 6.09. The van der Waals surface area contributed by atoms with E-state index in [1.807, 2.05) is 31.2 Å². The number of aromatic nitrogens is 2. The van der Waals surface area contributed by atoms with Crippen LogP contribution in [0.2, 0.25) is 0 Å². The SMILES string of the molecule is CCC(C)C(N)c1nc(-c2ccc(OC)cc2)c(C)[nH]1. The van der Waals surface area contributed by atoms with Gasteiger partial charge in [0.05, 0.1) is 18.8 Å². The Kier molecular flexibility index (Phi) is 4.45. The number of hydrogen-bond donors (Lipinski definition) is 2. The smallest absolute Gasteiger partial charge is 0.124 e. The summed E-state index contributed by atoms with van der Waals surface area (Å²) in [6.07, 6.45) is 1.04. The van der Waals surface area contributed by atoms with E-state index in [9.17, 15) is 0 Å². The molecule has 0 amide bonds. The lowest BCUT2D eigenvalue weighted by atomic mass is 10.00. The maximum atomic E-state index is 6.24. The lowest BCUT2D eigenvalue weighted by Gasteiger charge is -2.15. The summed E-state index contributed by atoms with van der Waals surface area (Å²) in [6, 6.07) is 7.86. The standard InChI is InChI=1S/C16H23N3O/c1-5-10(2)14(17)16-18-11(3)15(19-16)12-6-8-13(20-4)9-7-12/h6-10,14H,5,17H2,1-4H3,(H,18,19). The number of nitrogens with one attached hydrogen (secondary N) is 1. The van der Waals surface area contributed by atoms with E-state index in [1.165, 1.54) is 0 Å². The minimum Gasteiger partial charge on any atom is -0.497 e. The maximum Gasteiger partial charge on any atom is 0.124 e. The molecular formula is C16H23N3O. The molecule has 20 heavy (non-hydrogen) atoms. The highest BCUT2D eigenvalue weighted by atomic mass is 16.5. The monoisotopic (exact) mass is 273 g/mol. The predicted octanol–water partition coefficient (Wildman–Crippen LogP) is 3.44. The number of imidazole rings is 1. The summed E-state index contributed by atoms with van der Waals surface area (Å²) in [5, 5.41) is 0. The molecule has 3 N–H and O–H groups in total. The van der Waals surface area contributed by atoms with Crippen LogP contribution in [0.25, 0.3) is 11.3 Å². The van der Waals surface area contributed by atoms with Gasteiger partial charge >= 0.3 is 0 Å².